The second-order valence-corrected chi connectivity index (χ2v) is 3.56. The van der Waals surface area contributed by atoms with Crippen LogP contribution < -0.4 is 4.74 Å². The van der Waals surface area contributed by atoms with Crippen LogP contribution in [-0.4, -0.2) is 32.9 Å². The zero-order chi connectivity index (χ0) is 14.0. The molecule has 19 heavy (non-hydrogen) atoms. The fraction of sp³-hybridized carbons (Fsp3) is 0.0909. The zero-order valence-electron chi connectivity index (χ0n) is 9.81. The number of hydrogen-bond acceptors (Lipinski definition) is 5. The van der Waals surface area contributed by atoms with Crippen LogP contribution >= 0.6 is 0 Å². The van der Waals surface area contributed by atoms with Crippen LogP contribution in [0.15, 0.2) is 30.6 Å². The monoisotopic (exact) mass is 263 g/mol. The van der Waals surface area contributed by atoms with Crippen LogP contribution in [0.3, 0.4) is 0 Å². The Bertz CT molecular complexity index is 617. The van der Waals surface area contributed by atoms with E-state index in [1.807, 2.05) is 0 Å². The van der Waals surface area contributed by atoms with E-state index in [9.17, 15) is 14.9 Å². The van der Waals surface area contributed by atoms with Crippen molar-refractivity contribution in [3.63, 3.8) is 0 Å². The number of aromatic carboxylic acids is 1. The van der Waals surface area contributed by atoms with Gasteiger partial charge in [-0.05, 0) is 6.07 Å². The molecule has 1 N–H and O–H groups in total. The summed E-state index contributed by atoms with van der Waals surface area (Å²) in [7, 11) is 1.42. The van der Waals surface area contributed by atoms with Crippen molar-refractivity contribution < 1.29 is 19.6 Å². The topological polar surface area (TPSA) is 107 Å². The quantitative estimate of drug-likeness (QED) is 0.661. The number of carboxylic acid groups (broad SMARTS) is 1. The molecule has 1 heterocycles. The molecule has 8 heteroatoms. The highest BCUT2D eigenvalue weighted by Crippen LogP contribution is 2.27. The Morgan fingerprint density at radius 3 is 2.79 bits per heavy atom. The number of nitro benzene ring substituents is 1. The molecule has 0 saturated carbocycles. The SMILES string of the molecule is COc1cnn(-c2c(C(=O)O)cccc2[N+](=O)[O-])c1. The summed E-state index contributed by atoms with van der Waals surface area (Å²) in [5.41, 5.74) is -0.658. The molecule has 98 valence electrons. The average molecular weight is 263 g/mol. The summed E-state index contributed by atoms with van der Waals surface area (Å²) in [5.74, 6) is -0.900. The van der Waals surface area contributed by atoms with E-state index in [-0.39, 0.29) is 16.9 Å². The van der Waals surface area contributed by atoms with E-state index in [1.54, 1.807) is 0 Å². The number of nitro groups is 1. The summed E-state index contributed by atoms with van der Waals surface area (Å²) in [4.78, 5) is 21.5. The molecule has 1 aromatic carbocycles. The molecule has 0 unspecified atom stereocenters. The lowest BCUT2D eigenvalue weighted by Gasteiger charge is -2.06. The van der Waals surface area contributed by atoms with Gasteiger partial charge in [-0.1, -0.05) is 6.07 Å². The first-order valence-corrected chi connectivity index (χ1v) is 5.14. The summed E-state index contributed by atoms with van der Waals surface area (Å²) in [5, 5.41) is 24.0. The summed E-state index contributed by atoms with van der Waals surface area (Å²) >= 11 is 0. The third-order valence-electron chi connectivity index (χ3n) is 2.47. The van der Waals surface area contributed by atoms with Gasteiger partial charge in [-0.25, -0.2) is 9.48 Å². The molecular weight excluding hydrogens is 254 g/mol. The van der Waals surface area contributed by atoms with Crippen LogP contribution in [0.1, 0.15) is 10.4 Å². The highest BCUT2D eigenvalue weighted by Gasteiger charge is 2.23. The van der Waals surface area contributed by atoms with E-state index in [0.717, 1.165) is 4.68 Å². The number of aromatic nitrogens is 2. The van der Waals surface area contributed by atoms with Crippen molar-refractivity contribution in [3.05, 3.63) is 46.3 Å². The van der Waals surface area contributed by atoms with E-state index in [2.05, 4.69) is 5.10 Å². The van der Waals surface area contributed by atoms with Gasteiger partial charge in [-0.3, -0.25) is 10.1 Å². The maximum atomic E-state index is 11.2. The molecule has 0 atom stereocenters. The molecule has 1 aromatic heterocycles. The molecule has 2 rings (SSSR count). The average Bonchev–Trinajstić information content (AvgIpc) is 2.86. The number of carbonyl (C=O) groups is 1. The number of carboxylic acids is 1. The molecular formula is C11H9N3O5. The summed E-state index contributed by atoms with van der Waals surface area (Å²) in [6.07, 6.45) is 2.71. The number of nitrogens with zero attached hydrogens (tertiary/aromatic N) is 3. The van der Waals surface area contributed by atoms with E-state index in [0.29, 0.717) is 5.75 Å². The van der Waals surface area contributed by atoms with Crippen LogP contribution in [0, 0.1) is 10.1 Å². The Kier molecular flexibility index (Phi) is 3.15. The van der Waals surface area contributed by atoms with Gasteiger partial charge in [0.1, 0.15) is 0 Å². The van der Waals surface area contributed by atoms with Crippen molar-refractivity contribution in [2.24, 2.45) is 0 Å². The Labute approximate surface area is 107 Å². The smallest absolute Gasteiger partial charge is 0.338 e. The second kappa shape index (κ2) is 4.77. The molecule has 0 amide bonds. The molecule has 2 aromatic rings. The molecule has 0 radical (unpaired) electrons. The fourth-order valence-electron chi connectivity index (χ4n) is 1.63. The number of hydrogen-bond donors (Lipinski definition) is 1. The van der Waals surface area contributed by atoms with Crippen molar-refractivity contribution in [1.29, 1.82) is 0 Å². The summed E-state index contributed by atoms with van der Waals surface area (Å²) in [6.45, 7) is 0. The largest absolute Gasteiger partial charge is 0.493 e. The normalized spacial score (nSPS) is 10.2. The standard InChI is InChI=1S/C11H9N3O5/c1-19-7-5-12-13(6-7)10-8(11(15)16)3-2-4-9(10)14(17)18/h2-6H,1H3,(H,15,16). The van der Waals surface area contributed by atoms with Crippen LogP contribution in [0.25, 0.3) is 5.69 Å². The van der Waals surface area contributed by atoms with Gasteiger partial charge in [-0.15, -0.1) is 0 Å². The van der Waals surface area contributed by atoms with Crippen LogP contribution in [0.5, 0.6) is 5.75 Å². The maximum Gasteiger partial charge on any atom is 0.338 e. The van der Waals surface area contributed by atoms with Gasteiger partial charge >= 0.3 is 5.97 Å². The molecule has 0 saturated heterocycles. The lowest BCUT2D eigenvalue weighted by Crippen LogP contribution is -2.08. The third-order valence-corrected chi connectivity index (χ3v) is 2.47. The first kappa shape index (κ1) is 12.6. The van der Waals surface area contributed by atoms with E-state index < -0.39 is 10.9 Å². The lowest BCUT2D eigenvalue weighted by molar-refractivity contribution is -0.384. The van der Waals surface area contributed by atoms with Gasteiger partial charge in [0.05, 0.1) is 30.0 Å². The van der Waals surface area contributed by atoms with Crippen molar-refractivity contribution in [1.82, 2.24) is 9.78 Å². The summed E-state index contributed by atoms with van der Waals surface area (Å²) in [6, 6.07) is 3.81. The van der Waals surface area contributed by atoms with Gasteiger partial charge in [-0.2, -0.15) is 5.10 Å². The van der Waals surface area contributed by atoms with Gasteiger partial charge in [0, 0.05) is 6.07 Å². The van der Waals surface area contributed by atoms with E-state index in [1.165, 1.54) is 37.7 Å². The molecule has 0 bridgehead atoms. The summed E-state index contributed by atoms with van der Waals surface area (Å²) < 4.78 is 6.03. The van der Waals surface area contributed by atoms with Crippen molar-refractivity contribution >= 4 is 11.7 Å². The van der Waals surface area contributed by atoms with Crippen molar-refractivity contribution in [2.45, 2.75) is 0 Å². The Morgan fingerprint density at radius 1 is 1.53 bits per heavy atom. The Balaban J connectivity index is 2.70. The van der Waals surface area contributed by atoms with Crippen molar-refractivity contribution in [3.8, 4) is 11.4 Å². The maximum absolute atomic E-state index is 11.2. The first-order valence-electron chi connectivity index (χ1n) is 5.14. The van der Waals surface area contributed by atoms with Crippen LogP contribution in [0.4, 0.5) is 5.69 Å². The van der Waals surface area contributed by atoms with Gasteiger partial charge in [0.2, 0.25) is 0 Å². The number of methoxy groups -OCH3 is 1. The molecule has 0 aliphatic heterocycles. The predicted molar refractivity (Wildman–Crippen MR) is 63.7 cm³/mol. The van der Waals surface area contributed by atoms with Gasteiger partial charge in [0.15, 0.2) is 11.4 Å². The van der Waals surface area contributed by atoms with Crippen LogP contribution in [0.2, 0.25) is 0 Å². The number of para-hydroxylation sites is 1. The third kappa shape index (κ3) is 2.23. The van der Waals surface area contributed by atoms with E-state index >= 15 is 0 Å². The highest BCUT2D eigenvalue weighted by molar-refractivity contribution is 5.93. The van der Waals surface area contributed by atoms with Gasteiger partial charge in [0.25, 0.3) is 5.69 Å². The molecule has 0 fully saturated rings. The van der Waals surface area contributed by atoms with Crippen LogP contribution in [-0.2, 0) is 0 Å². The zero-order valence-corrected chi connectivity index (χ0v) is 9.81. The second-order valence-electron chi connectivity index (χ2n) is 3.56. The molecule has 0 aliphatic carbocycles. The Hall–Kier alpha value is -2.90. The lowest BCUT2D eigenvalue weighted by atomic mass is 10.1. The first-order chi connectivity index (χ1) is 9.04. The molecule has 0 spiro atoms. The van der Waals surface area contributed by atoms with Gasteiger partial charge < -0.3 is 9.84 Å². The highest BCUT2D eigenvalue weighted by atomic mass is 16.6. The number of ether oxygens (including phenoxy) is 1. The minimum atomic E-state index is -1.27. The molecule has 0 aliphatic rings. The molecule has 8 nitrogen and oxygen atoms in total. The minimum Gasteiger partial charge on any atom is -0.493 e. The fourth-order valence-corrected chi connectivity index (χ4v) is 1.63. The number of benzene rings is 1. The Morgan fingerprint density at radius 2 is 2.26 bits per heavy atom. The van der Waals surface area contributed by atoms with Crippen molar-refractivity contribution in [2.75, 3.05) is 7.11 Å². The predicted octanol–water partition coefficient (Wildman–Crippen LogP) is 1.49. The van der Waals surface area contributed by atoms with E-state index in [4.69, 9.17) is 9.84 Å². The number of rotatable bonds is 4. The minimum absolute atomic E-state index is 0.108.